The lowest BCUT2D eigenvalue weighted by molar-refractivity contribution is 0.0165. The summed E-state index contributed by atoms with van der Waals surface area (Å²) in [5.41, 5.74) is -0.0334. The van der Waals surface area contributed by atoms with Crippen LogP contribution in [0.15, 0.2) is 5.38 Å². The number of urea groups is 1. The van der Waals surface area contributed by atoms with Crippen molar-refractivity contribution in [2.75, 3.05) is 6.54 Å². The van der Waals surface area contributed by atoms with Gasteiger partial charge in [0, 0.05) is 11.9 Å². The number of nitrogens with one attached hydrogen (secondary N) is 2. The molecule has 0 spiro atoms. The van der Waals surface area contributed by atoms with Crippen molar-refractivity contribution in [2.45, 2.75) is 52.7 Å². The average Bonchev–Trinajstić information content (AvgIpc) is 2.85. The van der Waals surface area contributed by atoms with Crippen LogP contribution in [-0.4, -0.2) is 28.3 Å². The maximum absolute atomic E-state index is 11.8. The van der Waals surface area contributed by atoms with Crippen LogP contribution in [0.1, 0.15) is 51.4 Å². The zero-order valence-electron chi connectivity index (χ0n) is 12.9. The van der Waals surface area contributed by atoms with Gasteiger partial charge in [-0.15, -0.1) is 11.3 Å². The molecule has 0 bridgehead atoms. The highest BCUT2D eigenvalue weighted by atomic mass is 32.1. The van der Waals surface area contributed by atoms with Crippen molar-refractivity contribution in [3.63, 3.8) is 0 Å². The number of aryl methyl sites for hydroxylation is 1. The minimum atomic E-state index is -0.906. The third kappa shape index (κ3) is 4.76. The van der Waals surface area contributed by atoms with Crippen LogP contribution >= 0.6 is 11.3 Å². The minimum Gasteiger partial charge on any atom is -0.388 e. The lowest BCUT2D eigenvalue weighted by Crippen LogP contribution is -2.47. The molecule has 0 saturated heterocycles. The van der Waals surface area contributed by atoms with Gasteiger partial charge in [-0.1, -0.05) is 20.8 Å². The summed E-state index contributed by atoms with van der Waals surface area (Å²) in [6.07, 6.45) is 0.904. The molecule has 3 N–H and O–H groups in total. The second kappa shape index (κ2) is 7.04. The zero-order chi connectivity index (χ0) is 15.3. The fourth-order valence-electron chi connectivity index (χ4n) is 1.47. The van der Waals surface area contributed by atoms with E-state index in [1.807, 2.05) is 26.2 Å². The van der Waals surface area contributed by atoms with E-state index in [4.69, 9.17) is 0 Å². The molecule has 5 nitrogen and oxygen atoms in total. The topological polar surface area (TPSA) is 74.2 Å². The lowest BCUT2D eigenvalue weighted by atomic mass is 9.93. The Morgan fingerprint density at radius 1 is 1.50 bits per heavy atom. The number of thiazole rings is 1. The number of rotatable bonds is 6. The molecule has 0 fully saturated rings. The second-order valence-electron chi connectivity index (χ2n) is 5.58. The quantitative estimate of drug-likeness (QED) is 0.755. The van der Waals surface area contributed by atoms with Crippen LogP contribution in [0.2, 0.25) is 0 Å². The number of amides is 2. The van der Waals surface area contributed by atoms with E-state index >= 15 is 0 Å². The van der Waals surface area contributed by atoms with Crippen molar-refractivity contribution < 1.29 is 9.90 Å². The summed E-state index contributed by atoms with van der Waals surface area (Å²) in [5.74, 6) is 0.0749. The van der Waals surface area contributed by atoms with Crippen molar-refractivity contribution in [3.05, 3.63) is 16.1 Å². The maximum atomic E-state index is 11.8. The largest absolute Gasteiger partial charge is 0.388 e. The molecule has 0 aliphatic rings. The Balaban J connectivity index is 2.46. The molecule has 2 unspecified atom stereocenters. The Bertz CT molecular complexity index is 443. The molecule has 0 saturated carbocycles. The van der Waals surface area contributed by atoms with E-state index in [1.165, 1.54) is 0 Å². The minimum absolute atomic E-state index is 0.0749. The Hall–Kier alpha value is -1.14. The number of hydrogen-bond acceptors (Lipinski definition) is 4. The van der Waals surface area contributed by atoms with Crippen LogP contribution in [0.25, 0.3) is 0 Å². The SMILES string of the molecule is CCc1nc(C(C)NC(=O)NCC(C)(O)C(C)C)cs1. The Kier molecular flexibility index (Phi) is 5.95. The van der Waals surface area contributed by atoms with Gasteiger partial charge >= 0.3 is 6.03 Å². The normalized spacial score (nSPS) is 15.8. The van der Waals surface area contributed by atoms with Crippen LogP contribution in [-0.2, 0) is 6.42 Å². The first kappa shape index (κ1) is 16.9. The smallest absolute Gasteiger partial charge is 0.315 e. The van der Waals surface area contributed by atoms with E-state index in [-0.39, 0.29) is 24.5 Å². The third-order valence-corrected chi connectivity index (χ3v) is 4.53. The molecule has 20 heavy (non-hydrogen) atoms. The molecule has 1 aromatic rings. The molecule has 0 aliphatic heterocycles. The Morgan fingerprint density at radius 3 is 2.65 bits per heavy atom. The molecule has 1 heterocycles. The Labute approximate surface area is 124 Å². The first-order chi connectivity index (χ1) is 9.26. The summed E-state index contributed by atoms with van der Waals surface area (Å²) in [4.78, 5) is 16.3. The van der Waals surface area contributed by atoms with Crippen molar-refractivity contribution in [3.8, 4) is 0 Å². The number of carbonyl (C=O) groups is 1. The Morgan fingerprint density at radius 2 is 2.15 bits per heavy atom. The highest BCUT2D eigenvalue weighted by Crippen LogP contribution is 2.17. The molecule has 1 rings (SSSR count). The summed E-state index contributed by atoms with van der Waals surface area (Å²) < 4.78 is 0. The number of carbonyl (C=O) groups excluding carboxylic acids is 1. The molecular weight excluding hydrogens is 274 g/mol. The molecule has 6 heteroatoms. The molecule has 0 aromatic carbocycles. The van der Waals surface area contributed by atoms with Crippen LogP contribution in [0.3, 0.4) is 0 Å². The summed E-state index contributed by atoms with van der Waals surface area (Å²) in [6, 6.07) is -0.431. The van der Waals surface area contributed by atoms with E-state index < -0.39 is 5.60 Å². The summed E-state index contributed by atoms with van der Waals surface area (Å²) >= 11 is 1.60. The van der Waals surface area contributed by atoms with E-state index in [0.717, 1.165) is 17.1 Å². The summed E-state index contributed by atoms with van der Waals surface area (Å²) in [5, 5.41) is 18.6. The van der Waals surface area contributed by atoms with Crippen LogP contribution in [0.4, 0.5) is 4.79 Å². The van der Waals surface area contributed by atoms with Gasteiger partial charge in [0.25, 0.3) is 0 Å². The van der Waals surface area contributed by atoms with Gasteiger partial charge in [0.2, 0.25) is 0 Å². The molecule has 0 radical (unpaired) electrons. The molecule has 1 aromatic heterocycles. The lowest BCUT2D eigenvalue weighted by Gasteiger charge is -2.28. The van der Waals surface area contributed by atoms with Crippen molar-refractivity contribution in [1.29, 1.82) is 0 Å². The molecule has 0 aliphatic carbocycles. The first-order valence-electron chi connectivity index (χ1n) is 6.97. The van der Waals surface area contributed by atoms with E-state index in [0.29, 0.717) is 0 Å². The predicted octanol–water partition coefficient (Wildman–Crippen LogP) is 2.47. The predicted molar refractivity (Wildman–Crippen MR) is 81.9 cm³/mol. The number of hydrogen-bond donors (Lipinski definition) is 3. The summed E-state index contributed by atoms with van der Waals surface area (Å²) in [7, 11) is 0. The maximum Gasteiger partial charge on any atom is 0.315 e. The van der Waals surface area contributed by atoms with Gasteiger partial charge in [-0.3, -0.25) is 0 Å². The highest BCUT2D eigenvalue weighted by molar-refractivity contribution is 7.09. The van der Waals surface area contributed by atoms with Gasteiger partial charge < -0.3 is 15.7 Å². The third-order valence-electron chi connectivity index (χ3n) is 3.51. The summed E-state index contributed by atoms with van der Waals surface area (Å²) in [6.45, 7) is 9.74. The highest BCUT2D eigenvalue weighted by Gasteiger charge is 2.25. The fraction of sp³-hybridized carbons (Fsp3) is 0.714. The van der Waals surface area contributed by atoms with E-state index in [2.05, 4.69) is 22.5 Å². The number of nitrogens with zero attached hydrogens (tertiary/aromatic N) is 1. The van der Waals surface area contributed by atoms with Crippen LogP contribution in [0.5, 0.6) is 0 Å². The molecule has 2 amide bonds. The molecule has 2 atom stereocenters. The van der Waals surface area contributed by atoms with Gasteiger partial charge in [0.05, 0.1) is 22.3 Å². The second-order valence-corrected chi connectivity index (χ2v) is 6.52. The number of aliphatic hydroxyl groups is 1. The van der Waals surface area contributed by atoms with Crippen LogP contribution in [0, 0.1) is 5.92 Å². The zero-order valence-corrected chi connectivity index (χ0v) is 13.7. The van der Waals surface area contributed by atoms with Crippen molar-refractivity contribution in [1.82, 2.24) is 15.6 Å². The number of aromatic nitrogens is 1. The van der Waals surface area contributed by atoms with Crippen molar-refractivity contribution >= 4 is 17.4 Å². The van der Waals surface area contributed by atoms with Crippen LogP contribution < -0.4 is 10.6 Å². The average molecular weight is 299 g/mol. The molecular formula is C14H25N3O2S. The van der Waals surface area contributed by atoms with E-state index in [1.54, 1.807) is 18.3 Å². The monoisotopic (exact) mass is 299 g/mol. The molecule has 114 valence electrons. The fourth-order valence-corrected chi connectivity index (χ4v) is 2.31. The standard InChI is InChI=1S/C14H25N3O2S/c1-6-12-17-11(7-20-12)10(4)16-13(18)15-8-14(5,19)9(2)3/h7,9-10,19H,6,8H2,1-5H3,(H2,15,16,18). The van der Waals surface area contributed by atoms with Gasteiger partial charge in [-0.05, 0) is 26.2 Å². The van der Waals surface area contributed by atoms with E-state index in [9.17, 15) is 9.90 Å². The first-order valence-corrected chi connectivity index (χ1v) is 7.85. The van der Waals surface area contributed by atoms with Gasteiger partial charge in [0.15, 0.2) is 0 Å². The van der Waals surface area contributed by atoms with Crippen molar-refractivity contribution in [2.24, 2.45) is 5.92 Å². The van der Waals surface area contributed by atoms with Gasteiger partial charge in [0.1, 0.15) is 0 Å². The van der Waals surface area contributed by atoms with Gasteiger partial charge in [-0.25, -0.2) is 9.78 Å². The van der Waals surface area contributed by atoms with Gasteiger partial charge in [-0.2, -0.15) is 0 Å².